The molecular formula is C22H38IN5O. The summed E-state index contributed by atoms with van der Waals surface area (Å²) in [6.45, 7) is 6.32. The molecule has 2 N–H and O–H groups in total. The average molecular weight is 515 g/mol. The third kappa shape index (κ3) is 7.00. The van der Waals surface area contributed by atoms with Gasteiger partial charge in [0.15, 0.2) is 5.96 Å². The van der Waals surface area contributed by atoms with E-state index in [1.807, 2.05) is 13.1 Å². The van der Waals surface area contributed by atoms with Gasteiger partial charge in [-0.3, -0.25) is 14.8 Å². The van der Waals surface area contributed by atoms with Crippen molar-refractivity contribution in [2.24, 2.45) is 4.99 Å². The number of rotatable bonds is 9. The van der Waals surface area contributed by atoms with Gasteiger partial charge in [0.1, 0.15) is 5.75 Å². The van der Waals surface area contributed by atoms with E-state index in [4.69, 9.17) is 4.74 Å². The van der Waals surface area contributed by atoms with Gasteiger partial charge in [0.2, 0.25) is 0 Å². The van der Waals surface area contributed by atoms with Gasteiger partial charge in [-0.2, -0.15) is 0 Å². The number of ether oxygens (including phenoxy) is 1. The van der Waals surface area contributed by atoms with Crippen molar-refractivity contribution in [3.05, 3.63) is 29.8 Å². The van der Waals surface area contributed by atoms with Crippen molar-refractivity contribution in [1.82, 2.24) is 20.4 Å². The summed E-state index contributed by atoms with van der Waals surface area (Å²) in [6.07, 6.45) is 5.23. The molecule has 3 rings (SSSR count). The minimum absolute atomic E-state index is 0. The molecule has 1 saturated heterocycles. The monoisotopic (exact) mass is 515 g/mol. The molecule has 7 heteroatoms. The maximum absolute atomic E-state index is 5.45. The van der Waals surface area contributed by atoms with E-state index in [2.05, 4.69) is 57.6 Å². The molecule has 1 saturated carbocycles. The van der Waals surface area contributed by atoms with Crippen molar-refractivity contribution < 1.29 is 4.74 Å². The Morgan fingerprint density at radius 3 is 2.55 bits per heavy atom. The normalized spacial score (nSPS) is 19.6. The van der Waals surface area contributed by atoms with Crippen molar-refractivity contribution >= 4 is 29.9 Å². The lowest BCUT2D eigenvalue weighted by Crippen LogP contribution is -2.47. The Labute approximate surface area is 193 Å². The molecule has 1 aliphatic carbocycles. The first kappa shape index (κ1) is 24.2. The first-order valence-electron chi connectivity index (χ1n) is 10.7. The van der Waals surface area contributed by atoms with E-state index >= 15 is 0 Å². The van der Waals surface area contributed by atoms with Crippen LogP contribution in [-0.4, -0.2) is 75.2 Å². The number of aliphatic imine (C=N–C) groups is 1. The molecule has 164 valence electrons. The highest BCUT2D eigenvalue weighted by Crippen LogP contribution is 2.27. The Balaban J connectivity index is 0.00000300. The summed E-state index contributed by atoms with van der Waals surface area (Å²) >= 11 is 0. The number of likely N-dealkylation sites (tertiary alicyclic amines) is 1. The van der Waals surface area contributed by atoms with Crippen molar-refractivity contribution in [3.63, 3.8) is 0 Å². The van der Waals surface area contributed by atoms with Gasteiger partial charge < -0.3 is 15.4 Å². The zero-order chi connectivity index (χ0) is 19.9. The highest BCUT2D eigenvalue weighted by molar-refractivity contribution is 14.0. The second-order valence-corrected chi connectivity index (χ2v) is 8.12. The zero-order valence-corrected chi connectivity index (χ0v) is 20.7. The SMILES string of the molecule is CN=C(NCC(c1cccc(OC)c1)N1CCCC1)NCC(C)N(C)C1CC1.I. The second kappa shape index (κ2) is 12.0. The number of nitrogens with one attached hydrogen (secondary N) is 2. The lowest BCUT2D eigenvalue weighted by Gasteiger charge is -2.30. The van der Waals surface area contributed by atoms with Crippen molar-refractivity contribution in [1.29, 1.82) is 0 Å². The van der Waals surface area contributed by atoms with Crippen LogP contribution in [0.4, 0.5) is 0 Å². The summed E-state index contributed by atoms with van der Waals surface area (Å²) in [7, 11) is 5.81. The smallest absolute Gasteiger partial charge is 0.191 e. The first-order valence-corrected chi connectivity index (χ1v) is 10.7. The van der Waals surface area contributed by atoms with Crippen molar-refractivity contribution in [2.75, 3.05) is 47.4 Å². The predicted molar refractivity (Wildman–Crippen MR) is 132 cm³/mol. The molecule has 1 heterocycles. The maximum Gasteiger partial charge on any atom is 0.191 e. The highest BCUT2D eigenvalue weighted by Gasteiger charge is 2.29. The molecule has 2 fully saturated rings. The zero-order valence-electron chi connectivity index (χ0n) is 18.4. The van der Waals surface area contributed by atoms with Crippen molar-refractivity contribution in [3.8, 4) is 5.75 Å². The molecule has 1 aromatic carbocycles. The largest absolute Gasteiger partial charge is 0.497 e. The number of hydrogen-bond donors (Lipinski definition) is 2. The van der Waals surface area contributed by atoms with Crippen LogP contribution in [0.5, 0.6) is 5.75 Å². The number of nitrogens with zero attached hydrogens (tertiary/aromatic N) is 3. The van der Waals surface area contributed by atoms with Gasteiger partial charge in [-0.25, -0.2) is 0 Å². The minimum Gasteiger partial charge on any atom is -0.497 e. The summed E-state index contributed by atoms with van der Waals surface area (Å²) in [4.78, 5) is 9.48. The third-order valence-electron chi connectivity index (χ3n) is 6.13. The van der Waals surface area contributed by atoms with Crippen LogP contribution in [0.1, 0.15) is 44.2 Å². The van der Waals surface area contributed by atoms with Gasteiger partial charge in [-0.05, 0) is 70.4 Å². The van der Waals surface area contributed by atoms with E-state index in [9.17, 15) is 0 Å². The molecule has 1 aromatic rings. The predicted octanol–water partition coefficient (Wildman–Crippen LogP) is 3.10. The van der Waals surface area contributed by atoms with Crippen molar-refractivity contribution in [2.45, 2.75) is 50.7 Å². The van der Waals surface area contributed by atoms with Gasteiger partial charge in [0.25, 0.3) is 0 Å². The number of guanidine groups is 1. The van der Waals surface area contributed by atoms with Crippen LogP contribution in [0.3, 0.4) is 0 Å². The van der Waals surface area contributed by atoms with E-state index in [0.717, 1.165) is 43.9 Å². The molecule has 2 unspecified atom stereocenters. The minimum atomic E-state index is 0. The van der Waals surface area contributed by atoms with Crippen LogP contribution in [0.2, 0.25) is 0 Å². The number of benzene rings is 1. The quantitative estimate of drug-likeness (QED) is 0.301. The number of hydrogen-bond acceptors (Lipinski definition) is 4. The van der Waals surface area contributed by atoms with Gasteiger partial charge in [-0.1, -0.05) is 12.1 Å². The van der Waals surface area contributed by atoms with Gasteiger partial charge in [0, 0.05) is 32.2 Å². The van der Waals surface area contributed by atoms with E-state index < -0.39 is 0 Å². The topological polar surface area (TPSA) is 52.1 Å². The second-order valence-electron chi connectivity index (χ2n) is 8.12. The molecular weight excluding hydrogens is 477 g/mol. The van der Waals surface area contributed by atoms with E-state index in [1.54, 1.807) is 7.11 Å². The summed E-state index contributed by atoms with van der Waals surface area (Å²) in [6, 6.07) is 10.1. The molecule has 0 amide bonds. The lowest BCUT2D eigenvalue weighted by molar-refractivity contribution is 0.241. The molecule has 0 bridgehead atoms. The van der Waals surface area contributed by atoms with Crippen LogP contribution in [0, 0.1) is 0 Å². The molecule has 2 atom stereocenters. The Morgan fingerprint density at radius 1 is 1.24 bits per heavy atom. The maximum atomic E-state index is 5.45. The van der Waals surface area contributed by atoms with Crippen LogP contribution < -0.4 is 15.4 Å². The van der Waals surface area contributed by atoms with Crippen LogP contribution in [0.15, 0.2) is 29.3 Å². The molecule has 0 radical (unpaired) electrons. The van der Waals surface area contributed by atoms with E-state index in [0.29, 0.717) is 12.1 Å². The molecule has 0 spiro atoms. The fourth-order valence-electron chi connectivity index (χ4n) is 4.00. The molecule has 0 aromatic heterocycles. The molecule has 2 aliphatic rings. The summed E-state index contributed by atoms with van der Waals surface area (Å²) in [5.41, 5.74) is 1.30. The fourth-order valence-corrected chi connectivity index (χ4v) is 4.00. The molecule has 6 nitrogen and oxygen atoms in total. The van der Waals surface area contributed by atoms with E-state index in [-0.39, 0.29) is 24.0 Å². The Hall–Kier alpha value is -1.06. The third-order valence-corrected chi connectivity index (χ3v) is 6.13. The van der Waals surface area contributed by atoms with Crippen LogP contribution in [0.25, 0.3) is 0 Å². The van der Waals surface area contributed by atoms with E-state index in [1.165, 1.54) is 31.2 Å². The van der Waals surface area contributed by atoms with Crippen LogP contribution >= 0.6 is 24.0 Å². The first-order chi connectivity index (χ1) is 13.6. The highest BCUT2D eigenvalue weighted by atomic mass is 127. The fraction of sp³-hybridized carbons (Fsp3) is 0.682. The lowest BCUT2D eigenvalue weighted by atomic mass is 10.1. The van der Waals surface area contributed by atoms with Gasteiger partial charge >= 0.3 is 0 Å². The summed E-state index contributed by atoms with van der Waals surface area (Å²) in [5, 5.41) is 7.07. The van der Waals surface area contributed by atoms with Crippen LogP contribution in [-0.2, 0) is 0 Å². The standard InChI is InChI=1S/C22H37N5O.HI/c1-17(26(3)19-10-11-19)15-24-22(23-2)25-16-21(27-12-5-6-13-27)18-8-7-9-20(14-18)28-4;/h7-9,14,17,19,21H,5-6,10-13,15-16H2,1-4H3,(H2,23,24,25);1H. The summed E-state index contributed by atoms with van der Waals surface area (Å²) < 4.78 is 5.45. The Bertz CT molecular complexity index is 646. The molecule has 29 heavy (non-hydrogen) atoms. The van der Waals surface area contributed by atoms with Gasteiger partial charge in [-0.15, -0.1) is 24.0 Å². The number of methoxy groups -OCH3 is 1. The Kier molecular flexibility index (Phi) is 9.98. The van der Waals surface area contributed by atoms with Gasteiger partial charge in [0.05, 0.1) is 13.2 Å². The Morgan fingerprint density at radius 2 is 1.93 bits per heavy atom. The summed E-state index contributed by atoms with van der Waals surface area (Å²) in [5.74, 6) is 1.80. The number of halogens is 1. The average Bonchev–Trinajstić information content (AvgIpc) is 3.44. The molecule has 1 aliphatic heterocycles. The number of likely N-dealkylation sites (N-methyl/N-ethyl adjacent to an activating group) is 1.